The molecule has 76 valence electrons. The number of rotatable bonds is 3. The molecule has 2 heteroatoms. The van der Waals surface area contributed by atoms with Crippen LogP contribution in [0.2, 0.25) is 0 Å². The molecule has 1 aromatic rings. The predicted octanol–water partition coefficient (Wildman–Crippen LogP) is 3.34. The summed E-state index contributed by atoms with van der Waals surface area (Å²) in [6.07, 6.45) is 2.76. The van der Waals surface area contributed by atoms with E-state index in [1.165, 1.54) is 17.7 Å². The molecule has 1 rings (SSSR count). The zero-order valence-electron chi connectivity index (χ0n) is 8.80. The van der Waals surface area contributed by atoms with Crippen LogP contribution < -0.4 is 4.74 Å². The molecule has 0 spiro atoms. The molecule has 0 aliphatic carbocycles. The first kappa shape index (κ1) is 10.8. The summed E-state index contributed by atoms with van der Waals surface area (Å²) < 4.78 is 18.1. The first-order valence-corrected chi connectivity index (χ1v) is 4.59. The number of allylic oxidation sites excluding steroid dienone is 2. The van der Waals surface area contributed by atoms with Crippen LogP contribution in [0.25, 0.3) is 0 Å². The van der Waals surface area contributed by atoms with Gasteiger partial charge < -0.3 is 4.74 Å². The third-order valence-corrected chi connectivity index (χ3v) is 1.97. The summed E-state index contributed by atoms with van der Waals surface area (Å²) in [7, 11) is 1.60. The van der Waals surface area contributed by atoms with Crippen LogP contribution in [-0.4, -0.2) is 7.11 Å². The third-order valence-electron chi connectivity index (χ3n) is 1.97. The van der Waals surface area contributed by atoms with E-state index in [0.29, 0.717) is 6.42 Å². The van der Waals surface area contributed by atoms with Gasteiger partial charge in [-0.2, -0.15) is 0 Å². The van der Waals surface area contributed by atoms with Gasteiger partial charge in [0.05, 0.1) is 7.11 Å². The molecular formula is C12H15FO. The van der Waals surface area contributed by atoms with Gasteiger partial charge in [0, 0.05) is 5.56 Å². The second kappa shape index (κ2) is 4.80. The van der Waals surface area contributed by atoms with Crippen molar-refractivity contribution in [3.05, 3.63) is 41.2 Å². The number of hydrogen-bond acceptors (Lipinski definition) is 1. The maximum absolute atomic E-state index is 12.9. The monoisotopic (exact) mass is 194 g/mol. The van der Waals surface area contributed by atoms with Crippen LogP contribution in [0.15, 0.2) is 29.8 Å². The largest absolute Gasteiger partial charge is 0.496 e. The molecule has 0 saturated carbocycles. The second-order valence-electron chi connectivity index (χ2n) is 3.44. The van der Waals surface area contributed by atoms with Crippen molar-refractivity contribution in [1.29, 1.82) is 0 Å². The lowest BCUT2D eigenvalue weighted by atomic mass is 10.1. The van der Waals surface area contributed by atoms with E-state index in [9.17, 15) is 4.39 Å². The summed E-state index contributed by atoms with van der Waals surface area (Å²) in [5, 5.41) is 0. The van der Waals surface area contributed by atoms with Crippen LogP contribution in [0.3, 0.4) is 0 Å². The molecule has 0 fully saturated rings. The van der Waals surface area contributed by atoms with Gasteiger partial charge in [-0.05, 0) is 38.5 Å². The van der Waals surface area contributed by atoms with Crippen LogP contribution >= 0.6 is 0 Å². The van der Waals surface area contributed by atoms with E-state index in [4.69, 9.17) is 4.74 Å². The van der Waals surface area contributed by atoms with E-state index in [1.54, 1.807) is 13.2 Å². The Morgan fingerprint density at radius 1 is 1.43 bits per heavy atom. The Labute approximate surface area is 84.2 Å². The molecule has 0 N–H and O–H groups in total. The number of methoxy groups -OCH3 is 1. The van der Waals surface area contributed by atoms with Gasteiger partial charge in [0.2, 0.25) is 0 Å². The molecule has 1 nitrogen and oxygen atoms in total. The minimum Gasteiger partial charge on any atom is -0.496 e. The van der Waals surface area contributed by atoms with Crippen molar-refractivity contribution in [3.8, 4) is 5.75 Å². The standard InChI is InChI=1S/C12H15FO/c1-9(2)4-5-10-8-11(13)6-7-12(10)14-3/h4,6-8H,5H2,1-3H3. The summed E-state index contributed by atoms with van der Waals surface area (Å²) in [5.74, 6) is 0.520. The number of hydrogen-bond donors (Lipinski definition) is 0. The lowest BCUT2D eigenvalue weighted by Gasteiger charge is -2.06. The van der Waals surface area contributed by atoms with Crippen LogP contribution in [0, 0.1) is 5.82 Å². The SMILES string of the molecule is COc1ccc(F)cc1CC=C(C)C. The summed E-state index contributed by atoms with van der Waals surface area (Å²) in [4.78, 5) is 0. The van der Waals surface area contributed by atoms with Gasteiger partial charge >= 0.3 is 0 Å². The Morgan fingerprint density at radius 2 is 2.14 bits per heavy atom. The number of halogens is 1. The van der Waals surface area contributed by atoms with E-state index < -0.39 is 0 Å². The smallest absolute Gasteiger partial charge is 0.123 e. The highest BCUT2D eigenvalue weighted by Crippen LogP contribution is 2.20. The highest BCUT2D eigenvalue weighted by Gasteiger charge is 2.02. The van der Waals surface area contributed by atoms with Crippen LogP contribution in [0.5, 0.6) is 5.75 Å². The van der Waals surface area contributed by atoms with Gasteiger partial charge in [-0.1, -0.05) is 11.6 Å². The normalized spacial score (nSPS) is 9.71. The van der Waals surface area contributed by atoms with Gasteiger partial charge in [-0.15, -0.1) is 0 Å². The van der Waals surface area contributed by atoms with Gasteiger partial charge in [0.25, 0.3) is 0 Å². The fourth-order valence-electron chi connectivity index (χ4n) is 1.22. The molecule has 0 aliphatic heterocycles. The van der Waals surface area contributed by atoms with Gasteiger partial charge in [0.15, 0.2) is 0 Å². The van der Waals surface area contributed by atoms with Crippen LogP contribution in [-0.2, 0) is 6.42 Å². The molecule has 0 amide bonds. The van der Waals surface area contributed by atoms with Crippen molar-refractivity contribution in [2.45, 2.75) is 20.3 Å². The fraction of sp³-hybridized carbons (Fsp3) is 0.333. The van der Waals surface area contributed by atoms with Crippen molar-refractivity contribution in [3.63, 3.8) is 0 Å². The molecule has 0 unspecified atom stereocenters. The first-order chi connectivity index (χ1) is 6.63. The van der Waals surface area contributed by atoms with E-state index >= 15 is 0 Å². The van der Waals surface area contributed by atoms with E-state index in [1.807, 2.05) is 13.8 Å². The molecule has 0 aromatic heterocycles. The summed E-state index contributed by atoms with van der Waals surface area (Å²) in [6, 6.07) is 4.58. The van der Waals surface area contributed by atoms with E-state index in [0.717, 1.165) is 11.3 Å². The second-order valence-corrected chi connectivity index (χ2v) is 3.44. The van der Waals surface area contributed by atoms with Gasteiger partial charge in [0.1, 0.15) is 11.6 Å². The van der Waals surface area contributed by atoms with Crippen molar-refractivity contribution in [2.75, 3.05) is 7.11 Å². The van der Waals surface area contributed by atoms with Crippen molar-refractivity contribution in [1.82, 2.24) is 0 Å². The average Bonchev–Trinajstić information content (AvgIpc) is 2.15. The Bertz CT molecular complexity index is 338. The minimum atomic E-state index is -0.219. The molecule has 0 bridgehead atoms. The predicted molar refractivity (Wildman–Crippen MR) is 56.1 cm³/mol. The lowest BCUT2D eigenvalue weighted by Crippen LogP contribution is -1.92. The van der Waals surface area contributed by atoms with E-state index in [-0.39, 0.29) is 5.82 Å². The van der Waals surface area contributed by atoms with Crippen molar-refractivity contribution >= 4 is 0 Å². The number of ether oxygens (including phenoxy) is 1. The molecule has 0 radical (unpaired) electrons. The highest BCUT2D eigenvalue weighted by molar-refractivity contribution is 5.35. The summed E-state index contributed by atoms with van der Waals surface area (Å²) >= 11 is 0. The van der Waals surface area contributed by atoms with Gasteiger partial charge in [-0.25, -0.2) is 4.39 Å². The van der Waals surface area contributed by atoms with Crippen LogP contribution in [0.4, 0.5) is 4.39 Å². The minimum absolute atomic E-state index is 0.219. The van der Waals surface area contributed by atoms with Crippen molar-refractivity contribution in [2.24, 2.45) is 0 Å². The van der Waals surface area contributed by atoms with Gasteiger partial charge in [-0.3, -0.25) is 0 Å². The zero-order valence-corrected chi connectivity index (χ0v) is 8.80. The molecule has 0 atom stereocenters. The molecular weight excluding hydrogens is 179 g/mol. The molecule has 0 saturated heterocycles. The molecule has 1 aromatic carbocycles. The third kappa shape index (κ3) is 2.87. The molecule has 14 heavy (non-hydrogen) atoms. The zero-order chi connectivity index (χ0) is 10.6. The maximum atomic E-state index is 12.9. The van der Waals surface area contributed by atoms with Crippen molar-refractivity contribution < 1.29 is 9.13 Å². The molecule has 0 aliphatic rings. The van der Waals surface area contributed by atoms with Crippen LogP contribution in [0.1, 0.15) is 19.4 Å². The quantitative estimate of drug-likeness (QED) is 0.670. The fourth-order valence-corrected chi connectivity index (χ4v) is 1.22. The first-order valence-electron chi connectivity index (χ1n) is 4.59. The Balaban J connectivity index is 2.93. The Hall–Kier alpha value is -1.31. The maximum Gasteiger partial charge on any atom is 0.123 e. The molecule has 0 heterocycles. The number of benzene rings is 1. The summed E-state index contributed by atoms with van der Waals surface area (Å²) in [5.41, 5.74) is 2.10. The average molecular weight is 194 g/mol. The highest BCUT2D eigenvalue weighted by atomic mass is 19.1. The summed E-state index contributed by atoms with van der Waals surface area (Å²) in [6.45, 7) is 4.04. The lowest BCUT2D eigenvalue weighted by molar-refractivity contribution is 0.409. The Kier molecular flexibility index (Phi) is 3.69. The topological polar surface area (TPSA) is 9.23 Å². The Morgan fingerprint density at radius 3 is 2.71 bits per heavy atom. The van der Waals surface area contributed by atoms with E-state index in [2.05, 4.69) is 6.08 Å².